The number of rotatable bonds is 4. The smallest absolute Gasteiger partial charge is 0.255 e. The summed E-state index contributed by atoms with van der Waals surface area (Å²) in [7, 11) is 0. The summed E-state index contributed by atoms with van der Waals surface area (Å²) < 4.78 is 13.0. The summed E-state index contributed by atoms with van der Waals surface area (Å²) >= 11 is 7.77. The van der Waals surface area contributed by atoms with Crippen LogP contribution in [0.5, 0.6) is 0 Å². The zero-order valence-electron chi connectivity index (χ0n) is 14.5. The van der Waals surface area contributed by atoms with E-state index in [2.05, 4.69) is 10.3 Å². The summed E-state index contributed by atoms with van der Waals surface area (Å²) in [5.41, 5.74) is 3.60. The van der Waals surface area contributed by atoms with Gasteiger partial charge in [0.15, 0.2) is 0 Å². The van der Waals surface area contributed by atoms with E-state index in [0.717, 1.165) is 21.8 Å². The van der Waals surface area contributed by atoms with Gasteiger partial charge in [-0.1, -0.05) is 41.9 Å². The van der Waals surface area contributed by atoms with Crippen molar-refractivity contribution >= 4 is 34.5 Å². The number of halogens is 2. The lowest BCUT2D eigenvalue weighted by Crippen LogP contribution is -2.11. The first-order valence-corrected chi connectivity index (χ1v) is 9.74. The highest BCUT2D eigenvalue weighted by Crippen LogP contribution is 2.33. The maximum Gasteiger partial charge on any atom is 0.255 e. The monoisotopic (exact) mass is 408 g/mol. The molecule has 1 aromatic heterocycles. The van der Waals surface area contributed by atoms with Crippen molar-refractivity contribution in [2.75, 3.05) is 5.32 Å². The van der Waals surface area contributed by atoms with Crippen molar-refractivity contribution in [1.29, 1.82) is 0 Å². The molecule has 1 N–H and O–H groups in total. The van der Waals surface area contributed by atoms with Crippen molar-refractivity contribution in [1.82, 2.24) is 4.98 Å². The Bertz CT molecular complexity index is 1140. The fourth-order valence-corrected chi connectivity index (χ4v) is 3.87. The third kappa shape index (κ3) is 3.96. The minimum absolute atomic E-state index is 0.299. The summed E-state index contributed by atoms with van der Waals surface area (Å²) in [6.07, 6.45) is 0. The number of thiazole rings is 1. The highest BCUT2D eigenvalue weighted by Gasteiger charge is 2.11. The van der Waals surface area contributed by atoms with Gasteiger partial charge >= 0.3 is 0 Å². The molecule has 0 bridgehead atoms. The summed E-state index contributed by atoms with van der Waals surface area (Å²) in [6.45, 7) is 0. The van der Waals surface area contributed by atoms with Crippen molar-refractivity contribution in [3.8, 4) is 21.8 Å². The van der Waals surface area contributed by atoms with Crippen molar-refractivity contribution in [3.63, 3.8) is 0 Å². The zero-order valence-corrected chi connectivity index (χ0v) is 16.1. The highest BCUT2D eigenvalue weighted by atomic mass is 35.5. The summed E-state index contributed by atoms with van der Waals surface area (Å²) in [5.74, 6) is -0.677. The van der Waals surface area contributed by atoms with Gasteiger partial charge in [-0.3, -0.25) is 4.79 Å². The number of amides is 1. The molecular formula is C22H14ClFN2OS. The van der Waals surface area contributed by atoms with Gasteiger partial charge in [-0.25, -0.2) is 9.37 Å². The molecule has 0 unspecified atom stereocenters. The number of hydrogen-bond acceptors (Lipinski definition) is 3. The molecule has 3 aromatic carbocycles. The van der Waals surface area contributed by atoms with Crippen LogP contribution in [-0.4, -0.2) is 10.9 Å². The lowest BCUT2D eigenvalue weighted by molar-refractivity contribution is 0.102. The second kappa shape index (κ2) is 7.92. The van der Waals surface area contributed by atoms with Crippen molar-refractivity contribution in [2.45, 2.75) is 0 Å². The molecule has 0 fully saturated rings. The Hall–Kier alpha value is -3.02. The first kappa shape index (κ1) is 18.3. The topological polar surface area (TPSA) is 42.0 Å². The van der Waals surface area contributed by atoms with Crippen LogP contribution in [0.25, 0.3) is 21.8 Å². The van der Waals surface area contributed by atoms with Gasteiger partial charge in [-0.15, -0.1) is 11.3 Å². The lowest BCUT2D eigenvalue weighted by atomic mass is 10.1. The Morgan fingerprint density at radius 1 is 1.00 bits per heavy atom. The van der Waals surface area contributed by atoms with Gasteiger partial charge in [-0.2, -0.15) is 0 Å². The van der Waals surface area contributed by atoms with Crippen molar-refractivity contribution in [2.24, 2.45) is 0 Å². The van der Waals surface area contributed by atoms with Crippen molar-refractivity contribution in [3.05, 3.63) is 94.6 Å². The average Bonchev–Trinajstić information content (AvgIpc) is 3.19. The molecular weight excluding hydrogens is 395 g/mol. The van der Waals surface area contributed by atoms with Gasteiger partial charge in [0.05, 0.1) is 10.7 Å². The van der Waals surface area contributed by atoms with E-state index in [1.165, 1.54) is 35.6 Å². The summed E-state index contributed by atoms with van der Waals surface area (Å²) in [5, 5.41) is 6.28. The van der Waals surface area contributed by atoms with Crippen LogP contribution < -0.4 is 5.32 Å². The second-order valence-corrected chi connectivity index (χ2v) is 7.32. The third-order valence-corrected chi connectivity index (χ3v) is 5.34. The molecule has 4 aromatic rings. The molecule has 3 nitrogen and oxygen atoms in total. The minimum atomic E-state index is -0.378. The molecule has 28 heavy (non-hydrogen) atoms. The molecule has 0 aliphatic carbocycles. The van der Waals surface area contributed by atoms with E-state index in [9.17, 15) is 9.18 Å². The molecule has 1 amide bonds. The van der Waals surface area contributed by atoms with Gasteiger partial charge in [0, 0.05) is 27.8 Å². The van der Waals surface area contributed by atoms with Crippen LogP contribution >= 0.6 is 22.9 Å². The van der Waals surface area contributed by atoms with Gasteiger partial charge < -0.3 is 5.32 Å². The third-order valence-electron chi connectivity index (χ3n) is 4.13. The average molecular weight is 409 g/mol. The molecule has 0 aliphatic heterocycles. The maximum absolute atomic E-state index is 13.0. The van der Waals surface area contributed by atoms with E-state index in [4.69, 9.17) is 11.6 Å². The van der Waals surface area contributed by atoms with Crippen LogP contribution in [0.15, 0.2) is 78.2 Å². The van der Waals surface area contributed by atoms with E-state index in [0.29, 0.717) is 16.3 Å². The highest BCUT2D eigenvalue weighted by molar-refractivity contribution is 7.13. The summed E-state index contributed by atoms with van der Waals surface area (Å²) in [4.78, 5) is 17.0. The molecule has 0 aliphatic rings. The second-order valence-electron chi connectivity index (χ2n) is 6.06. The van der Waals surface area contributed by atoms with E-state index in [1.807, 2.05) is 47.8 Å². The Morgan fingerprint density at radius 2 is 1.79 bits per heavy atom. The van der Waals surface area contributed by atoms with Gasteiger partial charge in [0.2, 0.25) is 0 Å². The molecule has 1 heterocycles. The molecule has 0 atom stereocenters. The van der Waals surface area contributed by atoms with Gasteiger partial charge in [0.1, 0.15) is 10.8 Å². The number of carbonyl (C=O) groups excluding carboxylic acids is 1. The normalized spacial score (nSPS) is 10.6. The SMILES string of the molecule is O=C(Nc1cccc(-c2csc(-c3ccccc3Cl)n2)c1)c1ccc(F)cc1. The van der Waals surface area contributed by atoms with Crippen LogP contribution in [0, 0.1) is 5.82 Å². The quantitative estimate of drug-likeness (QED) is 0.417. The van der Waals surface area contributed by atoms with Crippen LogP contribution in [0.3, 0.4) is 0 Å². The Labute approximate surface area is 170 Å². The van der Waals surface area contributed by atoms with Crippen LogP contribution in [0.1, 0.15) is 10.4 Å². The molecule has 4 rings (SSSR count). The molecule has 0 radical (unpaired) electrons. The predicted octanol–water partition coefficient (Wildman–Crippen LogP) is 6.52. The van der Waals surface area contributed by atoms with E-state index in [-0.39, 0.29) is 11.7 Å². The van der Waals surface area contributed by atoms with E-state index < -0.39 is 0 Å². The molecule has 0 saturated carbocycles. The minimum Gasteiger partial charge on any atom is -0.322 e. The van der Waals surface area contributed by atoms with Crippen LogP contribution in [0.2, 0.25) is 5.02 Å². The fraction of sp³-hybridized carbons (Fsp3) is 0. The molecule has 0 saturated heterocycles. The molecule has 138 valence electrons. The number of benzene rings is 3. The van der Waals surface area contributed by atoms with Crippen LogP contribution in [0.4, 0.5) is 10.1 Å². The van der Waals surface area contributed by atoms with Crippen molar-refractivity contribution < 1.29 is 9.18 Å². The number of nitrogens with one attached hydrogen (secondary N) is 1. The van der Waals surface area contributed by atoms with E-state index in [1.54, 1.807) is 6.07 Å². The Balaban J connectivity index is 1.57. The lowest BCUT2D eigenvalue weighted by Gasteiger charge is -2.07. The largest absolute Gasteiger partial charge is 0.322 e. The Morgan fingerprint density at radius 3 is 2.57 bits per heavy atom. The van der Waals surface area contributed by atoms with Crippen LogP contribution in [-0.2, 0) is 0 Å². The maximum atomic E-state index is 13.0. The number of carbonyl (C=O) groups is 1. The van der Waals surface area contributed by atoms with Gasteiger partial charge in [-0.05, 0) is 42.5 Å². The fourth-order valence-electron chi connectivity index (χ4n) is 2.73. The first-order valence-electron chi connectivity index (χ1n) is 8.48. The number of anilines is 1. The first-order chi connectivity index (χ1) is 13.6. The number of aromatic nitrogens is 1. The predicted molar refractivity (Wildman–Crippen MR) is 112 cm³/mol. The number of hydrogen-bond donors (Lipinski definition) is 1. The standard InChI is InChI=1S/C22H14ClFN2OS/c23-19-7-2-1-6-18(19)22-26-20(13-28-22)15-4-3-5-17(12-15)25-21(27)14-8-10-16(24)11-9-14/h1-13H,(H,25,27). The zero-order chi connectivity index (χ0) is 19.5. The molecule has 6 heteroatoms. The van der Waals surface area contributed by atoms with Gasteiger partial charge in [0.25, 0.3) is 5.91 Å². The van der Waals surface area contributed by atoms with E-state index >= 15 is 0 Å². The summed E-state index contributed by atoms with van der Waals surface area (Å²) in [6, 6.07) is 20.4. The number of nitrogens with zero attached hydrogens (tertiary/aromatic N) is 1. The Kier molecular flexibility index (Phi) is 5.19. The molecule has 0 spiro atoms.